The Hall–Kier alpha value is -1.46. The van der Waals surface area contributed by atoms with Crippen LogP contribution in [0.3, 0.4) is 0 Å². The van der Waals surface area contributed by atoms with E-state index in [0.29, 0.717) is 18.6 Å². The minimum atomic E-state index is -1.18. The zero-order valence-corrected chi connectivity index (χ0v) is 18.4. The lowest BCUT2D eigenvalue weighted by atomic mass is 10.0. The van der Waals surface area contributed by atoms with E-state index in [9.17, 15) is 19.2 Å². The summed E-state index contributed by atoms with van der Waals surface area (Å²) in [6.07, 6.45) is 2.68. The summed E-state index contributed by atoms with van der Waals surface area (Å²) in [6, 6.07) is -3.73. The number of rotatable bonds is 13. The summed E-state index contributed by atoms with van der Waals surface area (Å²) in [7, 11) is 0. The number of hydrogen-bond acceptors (Lipinski definition) is 7. The van der Waals surface area contributed by atoms with E-state index in [1.165, 1.54) is 6.92 Å². The second-order valence-electron chi connectivity index (χ2n) is 6.89. The van der Waals surface area contributed by atoms with Crippen LogP contribution < -0.4 is 21.7 Å². The molecule has 0 aromatic heterocycles. The molecular formula is C17H32N4O5S2. The highest BCUT2D eigenvalue weighted by molar-refractivity contribution is 7.98. The Morgan fingerprint density at radius 3 is 2.00 bits per heavy atom. The first-order chi connectivity index (χ1) is 13.0. The summed E-state index contributed by atoms with van der Waals surface area (Å²) in [5.41, 5.74) is 5.80. The predicted octanol–water partition coefficient (Wildman–Crippen LogP) is -0.398. The predicted molar refractivity (Wildman–Crippen MR) is 113 cm³/mol. The van der Waals surface area contributed by atoms with Crippen molar-refractivity contribution in [2.24, 2.45) is 11.7 Å². The number of carboxylic acid groups (broad SMARTS) is 1. The molecule has 4 unspecified atom stereocenters. The molecule has 0 spiro atoms. The second-order valence-corrected chi connectivity index (χ2v) is 8.24. The van der Waals surface area contributed by atoms with Crippen molar-refractivity contribution in [2.75, 3.05) is 17.8 Å². The van der Waals surface area contributed by atoms with Crippen molar-refractivity contribution in [3.05, 3.63) is 0 Å². The number of amides is 3. The van der Waals surface area contributed by atoms with E-state index in [2.05, 4.69) is 28.6 Å². The first-order valence-electron chi connectivity index (χ1n) is 9.02. The fraction of sp³-hybridized carbons (Fsp3) is 0.765. The number of carboxylic acids is 1. The largest absolute Gasteiger partial charge is 0.480 e. The molecular weight excluding hydrogens is 404 g/mol. The maximum absolute atomic E-state index is 12.5. The van der Waals surface area contributed by atoms with Gasteiger partial charge in [0, 0.05) is 5.75 Å². The van der Waals surface area contributed by atoms with Crippen LogP contribution in [0.1, 0.15) is 33.6 Å². The van der Waals surface area contributed by atoms with Gasteiger partial charge >= 0.3 is 5.97 Å². The van der Waals surface area contributed by atoms with Gasteiger partial charge < -0.3 is 26.8 Å². The van der Waals surface area contributed by atoms with Crippen LogP contribution in [0.5, 0.6) is 0 Å². The van der Waals surface area contributed by atoms with Crippen LogP contribution in [0.4, 0.5) is 0 Å². The van der Waals surface area contributed by atoms with E-state index in [1.807, 2.05) is 20.1 Å². The van der Waals surface area contributed by atoms with E-state index in [0.717, 1.165) is 0 Å². The normalized spacial score (nSPS) is 15.2. The van der Waals surface area contributed by atoms with Crippen molar-refractivity contribution in [3.63, 3.8) is 0 Å². The number of carbonyl (C=O) groups excluding carboxylic acids is 3. The Bertz CT molecular complexity index is 548. The number of nitrogens with one attached hydrogen (secondary N) is 3. The number of hydrogen-bond donors (Lipinski definition) is 6. The second kappa shape index (κ2) is 13.7. The van der Waals surface area contributed by atoms with Crippen LogP contribution in [-0.2, 0) is 19.2 Å². The summed E-state index contributed by atoms with van der Waals surface area (Å²) in [5.74, 6) is -2.02. The fourth-order valence-electron chi connectivity index (χ4n) is 2.20. The molecule has 11 heteroatoms. The Labute approximate surface area is 175 Å². The van der Waals surface area contributed by atoms with Crippen molar-refractivity contribution in [2.45, 2.75) is 57.8 Å². The van der Waals surface area contributed by atoms with Crippen molar-refractivity contribution in [1.82, 2.24) is 16.0 Å². The smallest absolute Gasteiger partial charge is 0.325 e. The summed E-state index contributed by atoms with van der Waals surface area (Å²) >= 11 is 5.66. The maximum atomic E-state index is 12.5. The lowest BCUT2D eigenvalue weighted by molar-refractivity contribution is -0.141. The van der Waals surface area contributed by atoms with E-state index in [4.69, 9.17) is 10.8 Å². The molecule has 0 heterocycles. The molecule has 0 aliphatic carbocycles. The minimum absolute atomic E-state index is 0.0222. The zero-order chi connectivity index (χ0) is 21.9. The minimum Gasteiger partial charge on any atom is -0.480 e. The van der Waals surface area contributed by atoms with Crippen LogP contribution in [0, 0.1) is 5.92 Å². The molecule has 3 amide bonds. The van der Waals surface area contributed by atoms with Crippen molar-refractivity contribution >= 4 is 48.1 Å². The number of carbonyl (C=O) groups is 4. The topological polar surface area (TPSA) is 151 Å². The van der Waals surface area contributed by atoms with Gasteiger partial charge in [0.05, 0.1) is 6.04 Å². The molecule has 162 valence electrons. The Morgan fingerprint density at radius 1 is 1.00 bits per heavy atom. The molecule has 0 rings (SSSR count). The average Bonchev–Trinajstić information content (AvgIpc) is 2.62. The lowest BCUT2D eigenvalue weighted by Gasteiger charge is -2.25. The molecule has 4 atom stereocenters. The van der Waals surface area contributed by atoms with Gasteiger partial charge in [-0.05, 0) is 37.7 Å². The highest BCUT2D eigenvalue weighted by atomic mass is 32.2. The van der Waals surface area contributed by atoms with Gasteiger partial charge in [-0.1, -0.05) is 13.8 Å². The highest BCUT2D eigenvalue weighted by Gasteiger charge is 2.29. The van der Waals surface area contributed by atoms with Gasteiger partial charge in [0.2, 0.25) is 17.7 Å². The Kier molecular flexibility index (Phi) is 13.0. The molecule has 0 saturated carbocycles. The first-order valence-corrected chi connectivity index (χ1v) is 11.0. The van der Waals surface area contributed by atoms with E-state index >= 15 is 0 Å². The zero-order valence-electron chi connectivity index (χ0n) is 16.7. The maximum Gasteiger partial charge on any atom is 0.325 e. The number of thiol groups is 1. The molecule has 9 nitrogen and oxygen atoms in total. The molecule has 0 aromatic rings. The SMILES string of the molecule is CSCCC(N)C(=O)NC(CS)C(=O)NC(CC(C)C)C(=O)NC(C)C(=O)O. The Morgan fingerprint density at radius 2 is 1.54 bits per heavy atom. The quantitative estimate of drug-likeness (QED) is 0.215. The summed E-state index contributed by atoms with van der Waals surface area (Å²) in [5, 5.41) is 16.4. The molecule has 0 radical (unpaired) electrons. The summed E-state index contributed by atoms with van der Waals surface area (Å²) in [4.78, 5) is 48.0. The molecule has 0 aliphatic rings. The molecule has 6 N–H and O–H groups in total. The highest BCUT2D eigenvalue weighted by Crippen LogP contribution is 2.07. The third-order valence-corrected chi connectivity index (χ3v) is 4.86. The summed E-state index contributed by atoms with van der Waals surface area (Å²) < 4.78 is 0. The monoisotopic (exact) mass is 436 g/mol. The van der Waals surface area contributed by atoms with Crippen molar-refractivity contribution in [3.8, 4) is 0 Å². The van der Waals surface area contributed by atoms with Crippen molar-refractivity contribution < 1.29 is 24.3 Å². The number of nitrogens with two attached hydrogens (primary N) is 1. The summed E-state index contributed by atoms with van der Waals surface area (Å²) in [6.45, 7) is 5.08. The van der Waals surface area contributed by atoms with E-state index < -0.39 is 47.9 Å². The van der Waals surface area contributed by atoms with E-state index in [1.54, 1.807) is 11.8 Å². The van der Waals surface area contributed by atoms with Crippen LogP contribution in [-0.4, -0.2) is 70.7 Å². The van der Waals surface area contributed by atoms with Gasteiger partial charge in [0.1, 0.15) is 18.1 Å². The number of aliphatic carboxylic acids is 1. The van der Waals surface area contributed by atoms with Crippen molar-refractivity contribution in [1.29, 1.82) is 0 Å². The third-order valence-electron chi connectivity index (χ3n) is 3.85. The van der Waals surface area contributed by atoms with Gasteiger partial charge in [-0.2, -0.15) is 24.4 Å². The number of thioether (sulfide) groups is 1. The lowest BCUT2D eigenvalue weighted by Crippen LogP contribution is -2.57. The van der Waals surface area contributed by atoms with Gasteiger partial charge in [-0.25, -0.2) is 0 Å². The van der Waals surface area contributed by atoms with E-state index in [-0.39, 0.29) is 11.7 Å². The van der Waals surface area contributed by atoms with Gasteiger partial charge in [0.15, 0.2) is 0 Å². The van der Waals surface area contributed by atoms with Crippen LogP contribution in [0.2, 0.25) is 0 Å². The fourth-order valence-corrected chi connectivity index (χ4v) is 2.95. The van der Waals surface area contributed by atoms with Gasteiger partial charge in [0.25, 0.3) is 0 Å². The van der Waals surface area contributed by atoms with Crippen LogP contribution in [0.15, 0.2) is 0 Å². The molecule has 0 aromatic carbocycles. The molecule has 0 bridgehead atoms. The molecule has 0 fully saturated rings. The average molecular weight is 437 g/mol. The molecule has 28 heavy (non-hydrogen) atoms. The standard InChI is InChI=1S/C17H32N4O5S2/c1-9(2)7-12(15(23)19-10(3)17(25)26)20-16(24)13(8-27)21-14(22)11(18)5-6-28-4/h9-13,27H,5-8,18H2,1-4H3,(H,19,23)(H,20,24)(H,21,22)(H,25,26). The van der Waals surface area contributed by atoms with Gasteiger partial charge in [-0.3, -0.25) is 19.2 Å². The van der Waals surface area contributed by atoms with Crippen LogP contribution >= 0.6 is 24.4 Å². The third kappa shape index (κ3) is 10.2. The molecule has 0 saturated heterocycles. The first kappa shape index (κ1) is 26.5. The van der Waals surface area contributed by atoms with Gasteiger partial charge in [-0.15, -0.1) is 0 Å². The molecule has 0 aliphatic heterocycles. The van der Waals surface area contributed by atoms with Crippen LogP contribution in [0.25, 0.3) is 0 Å². The Balaban J connectivity index is 5.02.